The maximum absolute atomic E-state index is 13.4. The molecule has 2 aromatic rings. The number of esters is 1. The summed E-state index contributed by atoms with van der Waals surface area (Å²) < 4.78 is 18.6. The lowest BCUT2D eigenvalue weighted by molar-refractivity contribution is -0.146. The molecular weight excluding hydrogens is 409 g/mol. The number of carboxylic acid groups (broad SMARTS) is 1. The summed E-state index contributed by atoms with van der Waals surface area (Å²) in [5, 5.41) is 12.5. The number of benzene rings is 1. The second kappa shape index (κ2) is 9.21. The Morgan fingerprint density at radius 3 is 2.40 bits per heavy atom. The van der Waals surface area contributed by atoms with Crippen molar-refractivity contribution in [3.8, 4) is 11.1 Å². The molecule has 0 spiro atoms. The van der Waals surface area contributed by atoms with E-state index in [1.807, 2.05) is 0 Å². The average Bonchev–Trinajstić information content (AvgIpc) is 3.04. The minimum atomic E-state index is -1.03. The lowest BCUT2D eigenvalue weighted by atomic mass is 9.82. The summed E-state index contributed by atoms with van der Waals surface area (Å²) in [7, 11) is 0. The van der Waals surface area contributed by atoms with Crippen LogP contribution in [0.1, 0.15) is 35.0 Å². The smallest absolute Gasteiger partial charge is 0.341 e. The van der Waals surface area contributed by atoms with Crippen LogP contribution in [0.4, 0.5) is 9.39 Å². The fourth-order valence-electron chi connectivity index (χ4n) is 3.58. The molecule has 158 valence electrons. The van der Waals surface area contributed by atoms with Crippen molar-refractivity contribution in [2.75, 3.05) is 11.9 Å². The third kappa shape index (κ3) is 4.43. The number of halogens is 1. The molecule has 1 aromatic heterocycles. The van der Waals surface area contributed by atoms with Gasteiger partial charge < -0.3 is 15.2 Å². The van der Waals surface area contributed by atoms with Crippen molar-refractivity contribution in [1.29, 1.82) is 0 Å². The third-order valence-corrected chi connectivity index (χ3v) is 6.04. The summed E-state index contributed by atoms with van der Waals surface area (Å²) in [4.78, 5) is 37.9. The lowest BCUT2D eigenvalue weighted by Gasteiger charge is -2.24. The van der Waals surface area contributed by atoms with Gasteiger partial charge in [-0.15, -0.1) is 11.3 Å². The molecule has 0 aliphatic heterocycles. The van der Waals surface area contributed by atoms with Gasteiger partial charge in [0.15, 0.2) is 0 Å². The van der Waals surface area contributed by atoms with E-state index >= 15 is 0 Å². The Hall–Kier alpha value is -3.00. The van der Waals surface area contributed by atoms with E-state index in [1.165, 1.54) is 23.5 Å². The molecule has 1 heterocycles. The first-order valence-corrected chi connectivity index (χ1v) is 10.4. The number of carbonyl (C=O) groups is 3. The number of carboxylic acids is 1. The van der Waals surface area contributed by atoms with Gasteiger partial charge in [0.25, 0.3) is 0 Å². The van der Waals surface area contributed by atoms with E-state index < -0.39 is 35.5 Å². The topological polar surface area (TPSA) is 92.7 Å². The molecule has 0 saturated carbocycles. The zero-order valence-electron chi connectivity index (χ0n) is 16.6. The Bertz CT molecular complexity index is 996. The van der Waals surface area contributed by atoms with E-state index in [0.717, 1.165) is 4.88 Å². The third-order valence-electron chi connectivity index (χ3n) is 5.02. The van der Waals surface area contributed by atoms with E-state index in [9.17, 15) is 23.9 Å². The summed E-state index contributed by atoms with van der Waals surface area (Å²) in [5.41, 5.74) is 1.38. The molecule has 0 radical (unpaired) electrons. The molecule has 0 bridgehead atoms. The molecule has 0 fully saturated rings. The number of aliphatic carboxylic acids is 1. The highest BCUT2D eigenvalue weighted by Gasteiger charge is 2.35. The van der Waals surface area contributed by atoms with Gasteiger partial charge >= 0.3 is 11.9 Å². The highest BCUT2D eigenvalue weighted by atomic mass is 32.1. The number of thiophene rings is 1. The van der Waals surface area contributed by atoms with Gasteiger partial charge in [-0.2, -0.15) is 0 Å². The first-order valence-electron chi connectivity index (χ1n) is 9.58. The zero-order chi connectivity index (χ0) is 21.8. The number of aryl methyl sites for hydroxylation is 1. The standard InChI is InChI=1S/C22H22FNO5S/c1-3-29-22(28)18-17(13-8-10-14(23)11-9-13)12(2)30-20(18)24-19(25)15-6-4-5-7-16(15)21(26)27/h4-5,8-11,15-16H,3,6-7H2,1-2H3,(H,24,25)(H,26,27)/t15-,16+/m1/s1. The Balaban J connectivity index is 2.00. The fourth-order valence-corrected chi connectivity index (χ4v) is 4.64. The number of carbonyl (C=O) groups excluding carboxylic acids is 2. The molecule has 8 heteroatoms. The Morgan fingerprint density at radius 2 is 1.80 bits per heavy atom. The molecule has 2 N–H and O–H groups in total. The van der Waals surface area contributed by atoms with Crippen LogP contribution in [-0.2, 0) is 14.3 Å². The number of amides is 1. The van der Waals surface area contributed by atoms with Gasteiger partial charge in [0.1, 0.15) is 16.4 Å². The van der Waals surface area contributed by atoms with Crippen molar-refractivity contribution in [1.82, 2.24) is 0 Å². The van der Waals surface area contributed by atoms with Gasteiger partial charge in [-0.25, -0.2) is 9.18 Å². The van der Waals surface area contributed by atoms with Crippen molar-refractivity contribution in [2.45, 2.75) is 26.7 Å². The molecule has 1 amide bonds. The van der Waals surface area contributed by atoms with Crippen LogP contribution in [0.3, 0.4) is 0 Å². The normalized spacial score (nSPS) is 18.1. The van der Waals surface area contributed by atoms with Crippen LogP contribution >= 0.6 is 11.3 Å². The van der Waals surface area contributed by atoms with Gasteiger partial charge in [-0.1, -0.05) is 24.3 Å². The SMILES string of the molecule is CCOC(=O)c1c(NC(=O)[C@@H]2CC=CC[C@@H]2C(=O)O)sc(C)c1-c1ccc(F)cc1. The summed E-state index contributed by atoms with van der Waals surface area (Å²) in [6.45, 7) is 3.63. The molecule has 6 nitrogen and oxygen atoms in total. The van der Waals surface area contributed by atoms with Gasteiger partial charge in [0.2, 0.25) is 5.91 Å². The van der Waals surface area contributed by atoms with Crippen LogP contribution in [0.5, 0.6) is 0 Å². The monoisotopic (exact) mass is 431 g/mol. The molecule has 30 heavy (non-hydrogen) atoms. The van der Waals surface area contributed by atoms with Gasteiger partial charge in [0.05, 0.1) is 18.4 Å². The first kappa shape index (κ1) is 21.7. The first-order chi connectivity index (χ1) is 14.3. The predicted octanol–water partition coefficient (Wildman–Crippen LogP) is 4.64. The van der Waals surface area contributed by atoms with E-state index in [0.29, 0.717) is 22.5 Å². The molecule has 1 aliphatic rings. The largest absolute Gasteiger partial charge is 0.481 e. The minimum absolute atomic E-state index is 0.151. The van der Waals surface area contributed by atoms with Crippen molar-refractivity contribution in [3.05, 3.63) is 52.7 Å². The zero-order valence-corrected chi connectivity index (χ0v) is 17.4. The molecule has 1 aliphatic carbocycles. The van der Waals surface area contributed by atoms with E-state index in [2.05, 4.69) is 5.32 Å². The van der Waals surface area contributed by atoms with Crippen LogP contribution in [0.15, 0.2) is 36.4 Å². The van der Waals surface area contributed by atoms with Crippen LogP contribution < -0.4 is 5.32 Å². The predicted molar refractivity (Wildman–Crippen MR) is 112 cm³/mol. The van der Waals surface area contributed by atoms with Gasteiger partial charge in [-0.3, -0.25) is 9.59 Å². The minimum Gasteiger partial charge on any atom is -0.481 e. The molecule has 0 saturated heterocycles. The van der Waals surface area contributed by atoms with Gasteiger partial charge in [-0.05, 0) is 44.4 Å². The van der Waals surface area contributed by atoms with Crippen molar-refractivity contribution < 1.29 is 28.6 Å². The second-order valence-corrected chi connectivity index (χ2v) is 8.17. The Labute approximate surface area is 177 Å². The highest BCUT2D eigenvalue weighted by Crippen LogP contribution is 2.41. The molecule has 3 rings (SSSR count). The van der Waals surface area contributed by atoms with E-state index in [4.69, 9.17) is 4.74 Å². The fraction of sp³-hybridized carbons (Fsp3) is 0.318. The van der Waals surface area contributed by atoms with Gasteiger partial charge in [0, 0.05) is 10.4 Å². The van der Waals surface area contributed by atoms with E-state index in [1.54, 1.807) is 38.1 Å². The van der Waals surface area contributed by atoms with Crippen LogP contribution in [-0.4, -0.2) is 29.6 Å². The maximum Gasteiger partial charge on any atom is 0.341 e. The molecule has 0 unspecified atom stereocenters. The lowest BCUT2D eigenvalue weighted by Crippen LogP contribution is -2.34. The highest BCUT2D eigenvalue weighted by molar-refractivity contribution is 7.17. The summed E-state index contributed by atoms with van der Waals surface area (Å²) in [6.07, 6.45) is 4.14. The average molecular weight is 431 g/mol. The Morgan fingerprint density at radius 1 is 1.17 bits per heavy atom. The number of hydrogen-bond acceptors (Lipinski definition) is 5. The van der Waals surface area contributed by atoms with Crippen LogP contribution in [0, 0.1) is 24.6 Å². The van der Waals surface area contributed by atoms with Crippen molar-refractivity contribution in [2.24, 2.45) is 11.8 Å². The van der Waals surface area contributed by atoms with Crippen LogP contribution in [0.2, 0.25) is 0 Å². The van der Waals surface area contributed by atoms with E-state index in [-0.39, 0.29) is 18.6 Å². The molecular formula is C22H22FNO5S. The number of hydrogen-bond donors (Lipinski definition) is 2. The Kier molecular flexibility index (Phi) is 6.66. The summed E-state index contributed by atoms with van der Waals surface area (Å²) in [6, 6.07) is 5.72. The number of anilines is 1. The number of rotatable bonds is 6. The van der Waals surface area contributed by atoms with Crippen LogP contribution in [0.25, 0.3) is 11.1 Å². The van der Waals surface area contributed by atoms with Crippen molar-refractivity contribution >= 4 is 34.2 Å². The maximum atomic E-state index is 13.4. The molecule has 1 aromatic carbocycles. The number of allylic oxidation sites excluding steroid dienone is 2. The summed E-state index contributed by atoms with van der Waals surface area (Å²) >= 11 is 1.20. The van der Waals surface area contributed by atoms with Crippen molar-refractivity contribution in [3.63, 3.8) is 0 Å². The second-order valence-electron chi connectivity index (χ2n) is 6.95. The summed E-state index contributed by atoms with van der Waals surface area (Å²) in [5.74, 6) is -4.04. The number of nitrogens with one attached hydrogen (secondary N) is 1. The number of ether oxygens (including phenoxy) is 1. The molecule has 2 atom stereocenters. The quantitative estimate of drug-likeness (QED) is 0.513.